The van der Waals surface area contributed by atoms with E-state index in [4.69, 9.17) is 10.3 Å². The van der Waals surface area contributed by atoms with Crippen molar-refractivity contribution in [2.45, 2.75) is 19.9 Å². The molecule has 0 aliphatic heterocycles. The molecule has 0 unspecified atom stereocenters. The average molecular weight is 314 g/mol. The monoisotopic (exact) mass is 313 g/mol. The molecule has 1 aromatic carbocycles. The molecule has 0 amide bonds. The average Bonchev–Trinajstić information content (AvgIpc) is 2.77. The zero-order valence-electron chi connectivity index (χ0n) is 10.0. The molecular weight excluding hydrogens is 301 g/mol. The minimum Gasteiger partial charge on any atom is -0.337 e. The predicted molar refractivity (Wildman–Crippen MR) is 69.2 cm³/mol. The SMILES string of the molecule is CC(C)[C@H](N)c1nc(-c2ccc(F)cc2Br)no1. The Morgan fingerprint density at radius 1 is 1.39 bits per heavy atom. The summed E-state index contributed by atoms with van der Waals surface area (Å²) in [5.74, 6) is 0.660. The van der Waals surface area contributed by atoms with Crippen molar-refractivity contribution in [3.8, 4) is 11.4 Å². The van der Waals surface area contributed by atoms with Crippen LogP contribution in [0.3, 0.4) is 0 Å². The highest BCUT2D eigenvalue weighted by Crippen LogP contribution is 2.28. The predicted octanol–water partition coefficient (Wildman–Crippen LogP) is 3.29. The van der Waals surface area contributed by atoms with Gasteiger partial charge in [0, 0.05) is 10.0 Å². The highest BCUT2D eigenvalue weighted by Gasteiger charge is 2.19. The Labute approximate surface area is 113 Å². The molecule has 6 heteroatoms. The van der Waals surface area contributed by atoms with Gasteiger partial charge in [-0.25, -0.2) is 4.39 Å². The van der Waals surface area contributed by atoms with Crippen molar-refractivity contribution in [3.05, 3.63) is 34.4 Å². The molecule has 1 atom stereocenters. The van der Waals surface area contributed by atoms with Crippen LogP contribution in [0.15, 0.2) is 27.2 Å². The van der Waals surface area contributed by atoms with E-state index < -0.39 is 0 Å². The molecule has 2 N–H and O–H groups in total. The molecule has 0 aliphatic rings. The van der Waals surface area contributed by atoms with Gasteiger partial charge in [-0.05, 0) is 40.0 Å². The van der Waals surface area contributed by atoms with Crippen LogP contribution in [0.4, 0.5) is 4.39 Å². The maximum atomic E-state index is 13.0. The first-order chi connectivity index (χ1) is 8.49. The fourth-order valence-electron chi connectivity index (χ4n) is 1.44. The lowest BCUT2D eigenvalue weighted by Crippen LogP contribution is -2.16. The van der Waals surface area contributed by atoms with Crippen molar-refractivity contribution >= 4 is 15.9 Å². The number of nitrogens with two attached hydrogens (primary N) is 1. The zero-order chi connectivity index (χ0) is 13.3. The van der Waals surface area contributed by atoms with Crippen LogP contribution < -0.4 is 5.73 Å². The van der Waals surface area contributed by atoms with E-state index in [1.807, 2.05) is 13.8 Å². The van der Waals surface area contributed by atoms with Gasteiger partial charge >= 0.3 is 0 Å². The van der Waals surface area contributed by atoms with Crippen LogP contribution in [0.5, 0.6) is 0 Å². The summed E-state index contributed by atoms with van der Waals surface area (Å²) in [5, 5.41) is 3.86. The second kappa shape index (κ2) is 5.16. The molecule has 0 fully saturated rings. The molecule has 2 aromatic rings. The Hall–Kier alpha value is -1.27. The van der Waals surface area contributed by atoms with E-state index in [-0.39, 0.29) is 17.8 Å². The standard InChI is InChI=1S/C12H13BrFN3O/c1-6(2)10(15)12-16-11(17-18-12)8-4-3-7(14)5-9(8)13/h3-6,10H,15H2,1-2H3/t10-/m0/s1. The Morgan fingerprint density at radius 3 is 2.72 bits per heavy atom. The lowest BCUT2D eigenvalue weighted by atomic mass is 10.1. The molecule has 0 aliphatic carbocycles. The van der Waals surface area contributed by atoms with Crippen molar-refractivity contribution in [2.24, 2.45) is 11.7 Å². The van der Waals surface area contributed by atoms with Gasteiger partial charge in [-0.15, -0.1) is 0 Å². The molecule has 0 saturated carbocycles. The maximum absolute atomic E-state index is 13.0. The highest BCUT2D eigenvalue weighted by molar-refractivity contribution is 9.10. The fraction of sp³-hybridized carbons (Fsp3) is 0.333. The van der Waals surface area contributed by atoms with Crippen molar-refractivity contribution in [3.63, 3.8) is 0 Å². The van der Waals surface area contributed by atoms with Crippen LogP contribution in [0.2, 0.25) is 0 Å². The van der Waals surface area contributed by atoms with E-state index >= 15 is 0 Å². The Morgan fingerprint density at radius 2 is 2.11 bits per heavy atom. The molecule has 0 radical (unpaired) electrons. The van der Waals surface area contributed by atoms with Crippen LogP contribution in [-0.2, 0) is 0 Å². The van der Waals surface area contributed by atoms with E-state index in [1.54, 1.807) is 6.07 Å². The van der Waals surface area contributed by atoms with Crippen LogP contribution in [-0.4, -0.2) is 10.1 Å². The molecule has 0 saturated heterocycles. The molecule has 0 spiro atoms. The minimum absolute atomic E-state index is 0.204. The van der Waals surface area contributed by atoms with Gasteiger partial charge in [-0.3, -0.25) is 0 Å². The smallest absolute Gasteiger partial charge is 0.244 e. The lowest BCUT2D eigenvalue weighted by Gasteiger charge is -2.09. The fourth-order valence-corrected chi connectivity index (χ4v) is 1.96. The summed E-state index contributed by atoms with van der Waals surface area (Å²) in [4.78, 5) is 4.24. The lowest BCUT2D eigenvalue weighted by molar-refractivity contribution is 0.325. The van der Waals surface area contributed by atoms with Gasteiger partial charge in [0.2, 0.25) is 11.7 Å². The second-order valence-corrected chi connectivity index (χ2v) is 5.20. The number of halogens is 2. The number of rotatable bonds is 3. The third-order valence-corrected chi connectivity index (χ3v) is 3.27. The number of aromatic nitrogens is 2. The molecular formula is C12H13BrFN3O. The summed E-state index contributed by atoms with van der Waals surface area (Å²) < 4.78 is 18.7. The minimum atomic E-state index is -0.326. The Balaban J connectivity index is 2.35. The number of nitrogens with zero attached hydrogens (tertiary/aromatic N) is 2. The van der Waals surface area contributed by atoms with Gasteiger partial charge in [0.15, 0.2) is 0 Å². The Bertz CT molecular complexity index is 556. The molecule has 18 heavy (non-hydrogen) atoms. The van der Waals surface area contributed by atoms with Crippen molar-refractivity contribution in [1.29, 1.82) is 0 Å². The second-order valence-electron chi connectivity index (χ2n) is 4.35. The van der Waals surface area contributed by atoms with Crippen molar-refractivity contribution in [2.75, 3.05) is 0 Å². The van der Waals surface area contributed by atoms with E-state index in [0.29, 0.717) is 21.8 Å². The van der Waals surface area contributed by atoms with Crippen LogP contribution in [0.1, 0.15) is 25.8 Å². The van der Waals surface area contributed by atoms with E-state index in [0.717, 1.165) is 0 Å². The largest absolute Gasteiger partial charge is 0.337 e. The summed E-state index contributed by atoms with van der Waals surface area (Å²) in [6.45, 7) is 3.95. The highest BCUT2D eigenvalue weighted by atomic mass is 79.9. The van der Waals surface area contributed by atoms with Gasteiger partial charge in [-0.2, -0.15) is 4.98 Å². The van der Waals surface area contributed by atoms with Crippen molar-refractivity contribution < 1.29 is 8.91 Å². The van der Waals surface area contributed by atoms with E-state index in [2.05, 4.69) is 26.1 Å². The quantitative estimate of drug-likeness (QED) is 0.944. The number of hydrogen-bond donors (Lipinski definition) is 1. The normalized spacial score (nSPS) is 13.0. The van der Waals surface area contributed by atoms with Crippen LogP contribution in [0, 0.1) is 11.7 Å². The number of hydrogen-bond acceptors (Lipinski definition) is 4. The first-order valence-corrected chi connectivity index (χ1v) is 6.33. The third kappa shape index (κ3) is 2.59. The summed E-state index contributed by atoms with van der Waals surface area (Å²) >= 11 is 3.27. The van der Waals surface area contributed by atoms with Crippen LogP contribution in [0.25, 0.3) is 11.4 Å². The van der Waals surface area contributed by atoms with Gasteiger partial charge in [0.1, 0.15) is 5.82 Å². The first-order valence-electron chi connectivity index (χ1n) is 5.53. The summed E-state index contributed by atoms with van der Waals surface area (Å²) in [7, 11) is 0. The number of benzene rings is 1. The summed E-state index contributed by atoms with van der Waals surface area (Å²) in [6, 6.07) is 3.99. The topological polar surface area (TPSA) is 64.9 Å². The molecule has 96 valence electrons. The maximum Gasteiger partial charge on any atom is 0.244 e. The molecule has 1 aromatic heterocycles. The third-order valence-electron chi connectivity index (χ3n) is 2.62. The van der Waals surface area contributed by atoms with Gasteiger partial charge < -0.3 is 10.3 Å². The molecule has 2 rings (SSSR count). The van der Waals surface area contributed by atoms with Gasteiger partial charge in [0.25, 0.3) is 0 Å². The van der Waals surface area contributed by atoms with E-state index in [9.17, 15) is 4.39 Å². The molecule has 4 nitrogen and oxygen atoms in total. The first kappa shape index (κ1) is 13.2. The summed E-state index contributed by atoms with van der Waals surface area (Å²) in [6.07, 6.45) is 0. The van der Waals surface area contributed by atoms with Gasteiger partial charge in [0.05, 0.1) is 6.04 Å². The van der Waals surface area contributed by atoms with Gasteiger partial charge in [-0.1, -0.05) is 19.0 Å². The zero-order valence-corrected chi connectivity index (χ0v) is 11.6. The van der Waals surface area contributed by atoms with Crippen molar-refractivity contribution in [1.82, 2.24) is 10.1 Å². The van der Waals surface area contributed by atoms with Crippen LogP contribution >= 0.6 is 15.9 Å². The van der Waals surface area contributed by atoms with E-state index in [1.165, 1.54) is 12.1 Å². The summed E-state index contributed by atoms with van der Waals surface area (Å²) in [5.41, 5.74) is 6.59. The molecule has 1 heterocycles. The Kier molecular flexibility index (Phi) is 3.77. The molecule has 0 bridgehead atoms.